The Kier molecular flexibility index (Phi) is 3.37. The molecule has 0 saturated carbocycles. The van der Waals surface area contributed by atoms with E-state index in [9.17, 15) is 8.78 Å². The molecule has 0 bridgehead atoms. The molecule has 0 unspecified atom stereocenters. The van der Waals surface area contributed by atoms with Crippen LogP contribution in [0.25, 0.3) is 0 Å². The van der Waals surface area contributed by atoms with E-state index >= 15 is 0 Å². The molecule has 0 fully saturated rings. The fourth-order valence-electron chi connectivity index (χ4n) is 1.11. The fraction of sp³-hybridized carbons (Fsp3) is 0.400. The zero-order valence-electron chi connectivity index (χ0n) is 7.56. The van der Waals surface area contributed by atoms with Gasteiger partial charge < -0.3 is 5.73 Å². The first-order chi connectivity index (χ1) is 6.09. The lowest BCUT2D eigenvalue weighted by Crippen LogP contribution is -2.15. The van der Waals surface area contributed by atoms with Gasteiger partial charge in [-0.25, -0.2) is 8.78 Å². The average molecular weight is 185 g/mol. The van der Waals surface area contributed by atoms with E-state index in [1.807, 2.05) is 6.92 Å². The quantitative estimate of drug-likeness (QED) is 0.767. The molecule has 1 aromatic carbocycles. The molecule has 0 heterocycles. The molecule has 3 heteroatoms. The Morgan fingerprint density at radius 1 is 1.38 bits per heavy atom. The first kappa shape index (κ1) is 10.1. The van der Waals surface area contributed by atoms with E-state index in [1.165, 1.54) is 12.1 Å². The van der Waals surface area contributed by atoms with Gasteiger partial charge in [0.15, 0.2) is 0 Å². The van der Waals surface area contributed by atoms with Crippen LogP contribution in [0.4, 0.5) is 8.78 Å². The average Bonchev–Trinajstić information content (AvgIpc) is 2.02. The van der Waals surface area contributed by atoms with Gasteiger partial charge in [-0.15, -0.1) is 0 Å². The molecular weight excluding hydrogens is 172 g/mol. The lowest BCUT2D eigenvalue weighted by molar-refractivity contribution is 0.563. The van der Waals surface area contributed by atoms with Crippen LogP contribution in [0.1, 0.15) is 18.9 Å². The van der Waals surface area contributed by atoms with E-state index in [1.54, 1.807) is 0 Å². The zero-order chi connectivity index (χ0) is 9.84. The predicted octanol–water partition coefficient (Wildman–Crippen LogP) is 2.24. The van der Waals surface area contributed by atoms with Crippen molar-refractivity contribution >= 4 is 0 Å². The van der Waals surface area contributed by atoms with Crippen molar-refractivity contribution in [1.29, 1.82) is 0 Å². The second kappa shape index (κ2) is 4.33. The monoisotopic (exact) mass is 185 g/mol. The van der Waals surface area contributed by atoms with Crippen molar-refractivity contribution < 1.29 is 8.78 Å². The fourth-order valence-corrected chi connectivity index (χ4v) is 1.11. The molecule has 0 spiro atoms. The molecule has 72 valence electrons. The molecule has 1 atom stereocenters. The van der Waals surface area contributed by atoms with Crippen molar-refractivity contribution in [2.75, 3.05) is 0 Å². The van der Waals surface area contributed by atoms with Crippen LogP contribution in [0.2, 0.25) is 0 Å². The number of benzene rings is 1. The molecule has 0 aliphatic rings. The summed E-state index contributed by atoms with van der Waals surface area (Å²) in [6, 6.07) is 3.67. The van der Waals surface area contributed by atoms with E-state index in [4.69, 9.17) is 5.73 Å². The number of nitrogens with two attached hydrogens (primary N) is 1. The Balaban J connectivity index is 2.67. The highest BCUT2D eigenvalue weighted by Gasteiger charge is 2.04. The Morgan fingerprint density at radius 2 is 2.08 bits per heavy atom. The van der Waals surface area contributed by atoms with Crippen LogP contribution < -0.4 is 5.73 Å². The van der Waals surface area contributed by atoms with Gasteiger partial charge in [-0.1, -0.05) is 6.07 Å². The van der Waals surface area contributed by atoms with E-state index in [-0.39, 0.29) is 6.04 Å². The predicted molar refractivity (Wildman–Crippen MR) is 48.3 cm³/mol. The minimum absolute atomic E-state index is 0.0458. The minimum Gasteiger partial charge on any atom is -0.328 e. The number of aryl methyl sites for hydroxylation is 1. The minimum atomic E-state index is -0.540. The van der Waals surface area contributed by atoms with Crippen molar-refractivity contribution in [1.82, 2.24) is 0 Å². The summed E-state index contributed by atoms with van der Waals surface area (Å²) in [5.41, 5.74) is 6.05. The van der Waals surface area contributed by atoms with Gasteiger partial charge in [0.05, 0.1) is 0 Å². The first-order valence-corrected chi connectivity index (χ1v) is 4.29. The van der Waals surface area contributed by atoms with E-state index in [0.29, 0.717) is 18.4 Å². The summed E-state index contributed by atoms with van der Waals surface area (Å²) < 4.78 is 25.5. The van der Waals surface area contributed by atoms with Gasteiger partial charge in [0.2, 0.25) is 0 Å². The lowest BCUT2D eigenvalue weighted by atomic mass is 10.1. The maximum absolute atomic E-state index is 13.0. The van der Waals surface area contributed by atoms with Crippen molar-refractivity contribution in [2.45, 2.75) is 25.8 Å². The van der Waals surface area contributed by atoms with Crippen LogP contribution >= 0.6 is 0 Å². The van der Waals surface area contributed by atoms with Crippen LogP contribution in [-0.2, 0) is 6.42 Å². The number of rotatable bonds is 3. The summed E-state index contributed by atoms with van der Waals surface area (Å²) in [6.45, 7) is 1.86. The number of halogens is 2. The van der Waals surface area contributed by atoms with E-state index in [2.05, 4.69) is 0 Å². The van der Waals surface area contributed by atoms with Crippen LogP contribution in [0.5, 0.6) is 0 Å². The molecular formula is C10H13F2N. The molecule has 13 heavy (non-hydrogen) atoms. The molecule has 0 aliphatic heterocycles. The Bertz CT molecular complexity index is 284. The van der Waals surface area contributed by atoms with Gasteiger partial charge in [0.1, 0.15) is 11.6 Å². The van der Waals surface area contributed by atoms with E-state index < -0.39 is 11.6 Å². The summed E-state index contributed by atoms with van der Waals surface area (Å²) in [4.78, 5) is 0. The van der Waals surface area contributed by atoms with Crippen molar-refractivity contribution in [3.8, 4) is 0 Å². The second-order valence-corrected chi connectivity index (χ2v) is 3.25. The smallest absolute Gasteiger partial charge is 0.129 e. The summed E-state index contributed by atoms with van der Waals surface area (Å²) >= 11 is 0. The van der Waals surface area contributed by atoms with Gasteiger partial charge in [-0.05, 0) is 31.4 Å². The molecule has 0 aromatic heterocycles. The maximum atomic E-state index is 13.0. The maximum Gasteiger partial charge on any atom is 0.129 e. The largest absolute Gasteiger partial charge is 0.328 e. The van der Waals surface area contributed by atoms with Gasteiger partial charge in [-0.3, -0.25) is 0 Å². The van der Waals surface area contributed by atoms with Crippen LogP contribution in [0, 0.1) is 11.6 Å². The highest BCUT2D eigenvalue weighted by molar-refractivity contribution is 5.18. The normalized spacial score (nSPS) is 12.9. The zero-order valence-corrected chi connectivity index (χ0v) is 7.56. The highest BCUT2D eigenvalue weighted by atomic mass is 19.1. The van der Waals surface area contributed by atoms with Gasteiger partial charge in [-0.2, -0.15) is 0 Å². The lowest BCUT2D eigenvalue weighted by Gasteiger charge is -2.05. The standard InChI is InChI=1S/C10H13F2N/c1-7(13)2-3-8-4-5-9(11)6-10(8)12/h4-7H,2-3,13H2,1H3/t7-/m0/s1. The topological polar surface area (TPSA) is 26.0 Å². The van der Waals surface area contributed by atoms with Gasteiger partial charge >= 0.3 is 0 Å². The highest BCUT2D eigenvalue weighted by Crippen LogP contribution is 2.11. The van der Waals surface area contributed by atoms with Gasteiger partial charge in [0.25, 0.3) is 0 Å². The Hall–Kier alpha value is -0.960. The second-order valence-electron chi connectivity index (χ2n) is 3.25. The molecule has 1 nitrogen and oxygen atoms in total. The van der Waals surface area contributed by atoms with Crippen molar-refractivity contribution in [2.24, 2.45) is 5.73 Å². The summed E-state index contributed by atoms with van der Waals surface area (Å²) in [7, 11) is 0. The van der Waals surface area contributed by atoms with Gasteiger partial charge in [0, 0.05) is 12.1 Å². The molecule has 1 rings (SSSR count). The summed E-state index contributed by atoms with van der Waals surface area (Å²) in [5, 5.41) is 0. The third-order valence-corrected chi connectivity index (χ3v) is 1.88. The van der Waals surface area contributed by atoms with Crippen LogP contribution in [-0.4, -0.2) is 6.04 Å². The molecule has 1 aromatic rings. The van der Waals surface area contributed by atoms with E-state index in [0.717, 1.165) is 6.07 Å². The molecule has 0 aliphatic carbocycles. The molecule has 0 amide bonds. The molecule has 2 N–H and O–H groups in total. The number of hydrogen-bond donors (Lipinski definition) is 1. The van der Waals surface area contributed by atoms with Crippen LogP contribution in [0.15, 0.2) is 18.2 Å². The molecule has 0 radical (unpaired) electrons. The Labute approximate surface area is 76.6 Å². The summed E-state index contributed by atoms with van der Waals surface area (Å²) in [6.07, 6.45) is 1.27. The van der Waals surface area contributed by atoms with Crippen LogP contribution in [0.3, 0.4) is 0 Å². The third kappa shape index (κ3) is 3.11. The third-order valence-electron chi connectivity index (χ3n) is 1.88. The Morgan fingerprint density at radius 3 is 2.62 bits per heavy atom. The van der Waals surface area contributed by atoms with Crippen molar-refractivity contribution in [3.63, 3.8) is 0 Å². The molecule has 0 saturated heterocycles. The number of hydrogen-bond acceptors (Lipinski definition) is 1. The van der Waals surface area contributed by atoms with Crippen molar-refractivity contribution in [3.05, 3.63) is 35.4 Å². The summed E-state index contributed by atoms with van der Waals surface area (Å²) in [5.74, 6) is -1.03. The first-order valence-electron chi connectivity index (χ1n) is 4.29. The SMILES string of the molecule is C[C@H](N)CCc1ccc(F)cc1F.